The van der Waals surface area contributed by atoms with E-state index in [1.165, 1.54) is 11.1 Å². The molecule has 0 fully saturated rings. The molecule has 100 valence electrons. The van der Waals surface area contributed by atoms with Crippen molar-refractivity contribution in [2.45, 2.75) is 39.7 Å². The fourth-order valence-corrected chi connectivity index (χ4v) is 2.47. The van der Waals surface area contributed by atoms with E-state index in [-0.39, 0.29) is 0 Å². The summed E-state index contributed by atoms with van der Waals surface area (Å²) < 4.78 is 1.03. The van der Waals surface area contributed by atoms with E-state index >= 15 is 0 Å². The third-order valence-electron chi connectivity index (χ3n) is 2.67. The summed E-state index contributed by atoms with van der Waals surface area (Å²) in [7, 11) is 0. The van der Waals surface area contributed by atoms with Crippen LogP contribution in [0.25, 0.3) is 0 Å². The minimum Gasteiger partial charge on any atom is -0.314 e. The maximum absolute atomic E-state index is 6.21. The Morgan fingerprint density at radius 3 is 2.78 bits per heavy atom. The molecular formula is C15H21BrClN. The smallest absolute Gasteiger partial charge is 0.0452 e. The Morgan fingerprint density at radius 2 is 2.17 bits per heavy atom. The van der Waals surface area contributed by atoms with Crippen LogP contribution in [0.1, 0.15) is 32.8 Å². The van der Waals surface area contributed by atoms with Crippen LogP contribution in [0.15, 0.2) is 34.3 Å². The molecule has 1 nitrogen and oxygen atoms in total. The largest absolute Gasteiger partial charge is 0.314 e. The molecule has 0 spiro atoms. The number of nitrogens with one attached hydrogen (secondary N) is 1. The van der Waals surface area contributed by atoms with Crippen molar-refractivity contribution in [1.82, 2.24) is 5.32 Å². The Hall–Kier alpha value is -0.310. The van der Waals surface area contributed by atoms with Gasteiger partial charge in [-0.05, 0) is 44.0 Å². The molecule has 3 heteroatoms. The molecule has 1 aromatic rings. The average molecular weight is 331 g/mol. The Morgan fingerprint density at radius 1 is 1.44 bits per heavy atom. The number of rotatable bonds is 6. The molecule has 0 unspecified atom stereocenters. The van der Waals surface area contributed by atoms with Gasteiger partial charge in [0.25, 0.3) is 0 Å². The molecule has 0 bridgehead atoms. The topological polar surface area (TPSA) is 12.0 Å². The predicted octanol–water partition coefficient (Wildman–Crippen LogP) is 4.98. The molecule has 0 atom stereocenters. The van der Waals surface area contributed by atoms with Crippen molar-refractivity contribution < 1.29 is 0 Å². The Kier molecular flexibility index (Phi) is 6.98. The van der Waals surface area contributed by atoms with Crippen molar-refractivity contribution in [3.63, 3.8) is 0 Å². The molecule has 0 aliphatic carbocycles. The molecule has 0 saturated heterocycles. The van der Waals surface area contributed by atoms with Gasteiger partial charge in [0.05, 0.1) is 0 Å². The normalized spacial score (nSPS) is 12.2. The molecule has 0 aromatic heterocycles. The third kappa shape index (κ3) is 6.03. The quantitative estimate of drug-likeness (QED) is 0.573. The van der Waals surface area contributed by atoms with Crippen molar-refractivity contribution in [2.24, 2.45) is 0 Å². The van der Waals surface area contributed by atoms with Crippen LogP contribution in [0, 0.1) is 0 Å². The van der Waals surface area contributed by atoms with Crippen molar-refractivity contribution >= 4 is 27.5 Å². The number of benzene rings is 1. The van der Waals surface area contributed by atoms with Crippen LogP contribution in [0.3, 0.4) is 0 Å². The van der Waals surface area contributed by atoms with Crippen molar-refractivity contribution in [2.75, 3.05) is 6.54 Å². The van der Waals surface area contributed by atoms with Gasteiger partial charge in [-0.25, -0.2) is 0 Å². The number of hydrogen-bond donors (Lipinski definition) is 1. The minimum absolute atomic E-state index is 0.555. The van der Waals surface area contributed by atoms with Crippen molar-refractivity contribution in [3.05, 3.63) is 44.9 Å². The minimum atomic E-state index is 0.555. The zero-order chi connectivity index (χ0) is 13.5. The summed E-state index contributed by atoms with van der Waals surface area (Å²) in [5, 5.41) is 4.24. The zero-order valence-electron chi connectivity index (χ0n) is 11.3. The van der Waals surface area contributed by atoms with Crippen molar-refractivity contribution in [1.29, 1.82) is 0 Å². The number of allylic oxidation sites excluding steroid dienone is 1. The third-order valence-corrected chi connectivity index (χ3v) is 3.52. The predicted molar refractivity (Wildman–Crippen MR) is 84.4 cm³/mol. The van der Waals surface area contributed by atoms with E-state index in [0.29, 0.717) is 6.04 Å². The molecule has 0 saturated carbocycles. The number of hydrogen-bond acceptors (Lipinski definition) is 1. The lowest BCUT2D eigenvalue weighted by atomic mass is 10.1. The summed E-state index contributed by atoms with van der Waals surface area (Å²) in [5.41, 5.74) is 2.55. The van der Waals surface area contributed by atoms with Gasteiger partial charge < -0.3 is 5.32 Å². The molecule has 0 aliphatic heterocycles. The summed E-state index contributed by atoms with van der Waals surface area (Å²) >= 11 is 9.63. The summed E-state index contributed by atoms with van der Waals surface area (Å²) in [6.07, 6.45) is 4.28. The summed E-state index contributed by atoms with van der Waals surface area (Å²) in [5.74, 6) is 0. The Balaban J connectivity index is 2.48. The molecule has 0 amide bonds. The van der Waals surface area contributed by atoms with Crippen LogP contribution in [0.2, 0.25) is 5.02 Å². The van der Waals surface area contributed by atoms with E-state index in [2.05, 4.69) is 54.2 Å². The summed E-state index contributed by atoms with van der Waals surface area (Å²) in [4.78, 5) is 0. The van der Waals surface area contributed by atoms with Gasteiger partial charge >= 0.3 is 0 Å². The second kappa shape index (κ2) is 7.98. The second-order valence-corrected chi connectivity index (χ2v) is 6.18. The Bertz CT molecular complexity index is 413. The highest BCUT2D eigenvalue weighted by Gasteiger charge is 2.01. The van der Waals surface area contributed by atoms with Crippen LogP contribution in [0.5, 0.6) is 0 Å². The molecule has 18 heavy (non-hydrogen) atoms. The zero-order valence-corrected chi connectivity index (χ0v) is 13.6. The lowest BCUT2D eigenvalue weighted by Crippen LogP contribution is -2.23. The lowest BCUT2D eigenvalue weighted by molar-refractivity contribution is 0.594. The first-order valence-electron chi connectivity index (χ1n) is 6.32. The molecule has 0 radical (unpaired) electrons. The fourth-order valence-electron chi connectivity index (χ4n) is 1.73. The maximum atomic E-state index is 6.21. The van der Waals surface area contributed by atoms with Gasteiger partial charge in [-0.1, -0.05) is 59.1 Å². The lowest BCUT2D eigenvalue weighted by Gasteiger charge is -2.07. The molecule has 0 aliphatic rings. The highest BCUT2D eigenvalue weighted by molar-refractivity contribution is 9.10. The monoisotopic (exact) mass is 329 g/mol. The second-order valence-electron chi connectivity index (χ2n) is 4.86. The molecule has 0 heterocycles. The van der Waals surface area contributed by atoms with Crippen LogP contribution in [-0.2, 0) is 6.42 Å². The molecule has 1 aromatic carbocycles. The van der Waals surface area contributed by atoms with Gasteiger partial charge in [0, 0.05) is 15.5 Å². The van der Waals surface area contributed by atoms with E-state index in [1.54, 1.807) is 0 Å². The van der Waals surface area contributed by atoms with Gasteiger partial charge in [-0.2, -0.15) is 0 Å². The Labute approximate surface area is 124 Å². The molecule has 1 N–H and O–H groups in total. The highest BCUT2D eigenvalue weighted by Crippen LogP contribution is 2.23. The maximum Gasteiger partial charge on any atom is 0.0452 e. The summed E-state index contributed by atoms with van der Waals surface area (Å²) in [6, 6.07) is 6.62. The van der Waals surface area contributed by atoms with Crippen LogP contribution >= 0.6 is 27.5 Å². The first kappa shape index (κ1) is 15.7. The molecule has 1 rings (SSSR count). The first-order chi connectivity index (χ1) is 8.49. The average Bonchev–Trinajstić information content (AvgIpc) is 2.28. The van der Waals surface area contributed by atoms with E-state index in [0.717, 1.165) is 28.9 Å². The van der Waals surface area contributed by atoms with Crippen LogP contribution in [-0.4, -0.2) is 12.6 Å². The fraction of sp³-hybridized carbons (Fsp3) is 0.467. The van der Waals surface area contributed by atoms with Gasteiger partial charge in [-0.15, -0.1) is 0 Å². The van der Waals surface area contributed by atoms with E-state index < -0.39 is 0 Å². The van der Waals surface area contributed by atoms with Gasteiger partial charge in [0.15, 0.2) is 0 Å². The van der Waals surface area contributed by atoms with E-state index in [4.69, 9.17) is 11.6 Å². The van der Waals surface area contributed by atoms with E-state index in [1.807, 2.05) is 12.1 Å². The number of halogens is 2. The first-order valence-corrected chi connectivity index (χ1v) is 7.49. The van der Waals surface area contributed by atoms with Gasteiger partial charge in [0.2, 0.25) is 0 Å². The summed E-state index contributed by atoms with van der Waals surface area (Å²) in [6.45, 7) is 7.52. The van der Waals surface area contributed by atoms with Gasteiger partial charge in [-0.3, -0.25) is 0 Å². The SMILES string of the molecule is C/C(=C/CCNC(C)C)Cc1ccc(Br)cc1Cl. The molecular weight excluding hydrogens is 310 g/mol. The highest BCUT2D eigenvalue weighted by atomic mass is 79.9. The standard InChI is InChI=1S/C15H21BrClN/c1-11(2)18-8-4-5-12(3)9-13-6-7-14(16)10-15(13)17/h5-7,10-11,18H,4,8-9H2,1-3H3/b12-5-. The van der Waals surface area contributed by atoms with Crippen molar-refractivity contribution in [3.8, 4) is 0 Å². The van der Waals surface area contributed by atoms with E-state index in [9.17, 15) is 0 Å². The van der Waals surface area contributed by atoms with Gasteiger partial charge in [0.1, 0.15) is 0 Å². The van der Waals surface area contributed by atoms with Crippen LogP contribution < -0.4 is 5.32 Å². The van der Waals surface area contributed by atoms with Crippen LogP contribution in [0.4, 0.5) is 0 Å².